The number of piperidine rings is 1. The van der Waals surface area contributed by atoms with Gasteiger partial charge in [0, 0.05) is 24.2 Å². The second-order valence-electron chi connectivity index (χ2n) is 6.48. The van der Waals surface area contributed by atoms with Crippen LogP contribution in [0.3, 0.4) is 0 Å². The Labute approximate surface area is 133 Å². The van der Waals surface area contributed by atoms with Crippen LogP contribution in [0.5, 0.6) is 0 Å². The number of benzene rings is 1. The number of carbonyl (C=O) groups is 1. The fraction of sp³-hybridized carbons (Fsp3) is 0.611. The molecular formula is C18H27N3O. The Morgan fingerprint density at radius 2 is 2.09 bits per heavy atom. The van der Waals surface area contributed by atoms with E-state index in [1.54, 1.807) is 0 Å². The van der Waals surface area contributed by atoms with Crippen LogP contribution in [-0.4, -0.2) is 49.6 Å². The van der Waals surface area contributed by atoms with E-state index in [9.17, 15) is 4.79 Å². The van der Waals surface area contributed by atoms with Crippen LogP contribution < -0.4 is 10.6 Å². The van der Waals surface area contributed by atoms with Crippen molar-refractivity contribution in [2.45, 2.75) is 44.2 Å². The molecule has 120 valence electrons. The Morgan fingerprint density at radius 1 is 1.23 bits per heavy atom. The number of nitrogens with zero attached hydrogens (tertiary/aromatic N) is 1. The summed E-state index contributed by atoms with van der Waals surface area (Å²) in [6, 6.07) is 8.87. The van der Waals surface area contributed by atoms with Crippen LogP contribution in [0.25, 0.3) is 0 Å². The van der Waals surface area contributed by atoms with E-state index < -0.39 is 0 Å². The summed E-state index contributed by atoms with van der Waals surface area (Å²) >= 11 is 0. The third-order valence-electron chi connectivity index (χ3n) is 5.08. The molecule has 0 bridgehead atoms. The molecule has 0 saturated carbocycles. The van der Waals surface area contributed by atoms with Gasteiger partial charge in [-0.15, -0.1) is 0 Å². The first kappa shape index (κ1) is 15.5. The molecule has 3 rings (SSSR count). The predicted octanol–water partition coefficient (Wildman–Crippen LogP) is 1.81. The average molecular weight is 301 g/mol. The van der Waals surface area contributed by atoms with Gasteiger partial charge in [0.2, 0.25) is 0 Å². The molecule has 2 atom stereocenters. The van der Waals surface area contributed by atoms with Gasteiger partial charge in [-0.3, -0.25) is 9.69 Å². The van der Waals surface area contributed by atoms with Crippen molar-refractivity contribution in [2.24, 2.45) is 0 Å². The number of likely N-dealkylation sites (N-methyl/N-ethyl adjacent to an activating group) is 1. The SMILES string of the molecule is CNCCc1ccccc1C(=O)NC1CCN2CCCCC12. The second kappa shape index (κ2) is 7.25. The molecule has 0 aliphatic carbocycles. The minimum absolute atomic E-state index is 0.101. The molecular weight excluding hydrogens is 274 g/mol. The average Bonchev–Trinajstić information content (AvgIpc) is 2.96. The summed E-state index contributed by atoms with van der Waals surface area (Å²) < 4.78 is 0. The summed E-state index contributed by atoms with van der Waals surface area (Å²) in [5.74, 6) is 0.101. The molecule has 1 amide bonds. The molecule has 2 aliphatic rings. The fourth-order valence-corrected chi connectivity index (χ4v) is 3.88. The maximum atomic E-state index is 12.7. The molecule has 2 aliphatic heterocycles. The number of hydrogen-bond donors (Lipinski definition) is 2. The van der Waals surface area contributed by atoms with Crippen molar-refractivity contribution in [1.29, 1.82) is 0 Å². The van der Waals surface area contributed by atoms with Crippen LogP contribution >= 0.6 is 0 Å². The first-order valence-electron chi connectivity index (χ1n) is 8.57. The Kier molecular flexibility index (Phi) is 5.11. The van der Waals surface area contributed by atoms with E-state index in [2.05, 4.69) is 21.6 Å². The first-order valence-corrected chi connectivity index (χ1v) is 8.57. The molecule has 2 saturated heterocycles. The van der Waals surface area contributed by atoms with Crippen molar-refractivity contribution in [3.05, 3.63) is 35.4 Å². The lowest BCUT2D eigenvalue weighted by atomic mass is 9.98. The van der Waals surface area contributed by atoms with Gasteiger partial charge in [0.25, 0.3) is 5.91 Å². The molecule has 4 heteroatoms. The summed E-state index contributed by atoms with van der Waals surface area (Å²) in [6.45, 7) is 3.23. The number of nitrogens with one attached hydrogen (secondary N) is 2. The smallest absolute Gasteiger partial charge is 0.251 e. The molecule has 1 aromatic carbocycles. The Hall–Kier alpha value is -1.39. The van der Waals surface area contributed by atoms with Gasteiger partial charge >= 0.3 is 0 Å². The van der Waals surface area contributed by atoms with Crippen molar-refractivity contribution in [3.63, 3.8) is 0 Å². The number of amides is 1. The monoisotopic (exact) mass is 301 g/mol. The highest BCUT2D eigenvalue weighted by atomic mass is 16.1. The maximum Gasteiger partial charge on any atom is 0.251 e. The summed E-state index contributed by atoms with van der Waals surface area (Å²) in [5.41, 5.74) is 1.97. The molecule has 0 radical (unpaired) electrons. The molecule has 0 aromatic heterocycles. The van der Waals surface area contributed by atoms with E-state index in [-0.39, 0.29) is 5.91 Å². The Bertz CT molecular complexity index is 517. The van der Waals surface area contributed by atoms with Gasteiger partial charge in [-0.25, -0.2) is 0 Å². The molecule has 2 heterocycles. The molecule has 2 fully saturated rings. The van der Waals surface area contributed by atoms with Gasteiger partial charge < -0.3 is 10.6 Å². The van der Waals surface area contributed by atoms with Gasteiger partial charge in [0.05, 0.1) is 0 Å². The highest BCUT2D eigenvalue weighted by Crippen LogP contribution is 2.27. The third kappa shape index (κ3) is 3.33. The van der Waals surface area contributed by atoms with Crippen LogP contribution in [0.15, 0.2) is 24.3 Å². The van der Waals surface area contributed by atoms with Gasteiger partial charge in [-0.05, 0) is 57.5 Å². The van der Waals surface area contributed by atoms with E-state index in [0.717, 1.165) is 37.1 Å². The number of rotatable bonds is 5. The van der Waals surface area contributed by atoms with Gasteiger partial charge in [-0.1, -0.05) is 24.6 Å². The van der Waals surface area contributed by atoms with E-state index in [4.69, 9.17) is 0 Å². The van der Waals surface area contributed by atoms with Crippen LogP contribution in [0.4, 0.5) is 0 Å². The van der Waals surface area contributed by atoms with E-state index in [1.165, 1.54) is 25.8 Å². The maximum absolute atomic E-state index is 12.7. The quantitative estimate of drug-likeness (QED) is 0.872. The molecule has 0 spiro atoms. The van der Waals surface area contributed by atoms with Crippen molar-refractivity contribution in [1.82, 2.24) is 15.5 Å². The normalized spacial score (nSPS) is 25.0. The lowest BCUT2D eigenvalue weighted by Gasteiger charge is -2.32. The second-order valence-corrected chi connectivity index (χ2v) is 6.48. The topological polar surface area (TPSA) is 44.4 Å². The van der Waals surface area contributed by atoms with E-state index in [0.29, 0.717) is 12.1 Å². The minimum atomic E-state index is 0.101. The minimum Gasteiger partial charge on any atom is -0.348 e. The molecule has 4 nitrogen and oxygen atoms in total. The summed E-state index contributed by atoms with van der Waals surface area (Å²) in [7, 11) is 1.94. The molecule has 1 aromatic rings. The van der Waals surface area contributed by atoms with Crippen molar-refractivity contribution in [3.8, 4) is 0 Å². The van der Waals surface area contributed by atoms with Gasteiger partial charge in [0.15, 0.2) is 0 Å². The zero-order valence-electron chi connectivity index (χ0n) is 13.5. The largest absolute Gasteiger partial charge is 0.348 e. The first-order chi connectivity index (χ1) is 10.8. The van der Waals surface area contributed by atoms with Crippen molar-refractivity contribution < 1.29 is 4.79 Å². The number of hydrogen-bond acceptors (Lipinski definition) is 3. The molecule has 2 N–H and O–H groups in total. The van der Waals surface area contributed by atoms with Crippen molar-refractivity contribution in [2.75, 3.05) is 26.7 Å². The zero-order valence-corrected chi connectivity index (χ0v) is 13.5. The number of carbonyl (C=O) groups excluding carboxylic acids is 1. The summed E-state index contributed by atoms with van der Waals surface area (Å²) in [5, 5.41) is 6.46. The Morgan fingerprint density at radius 3 is 2.95 bits per heavy atom. The zero-order chi connectivity index (χ0) is 15.4. The summed E-state index contributed by atoms with van der Waals surface area (Å²) in [4.78, 5) is 15.3. The lowest BCUT2D eigenvalue weighted by molar-refractivity contribution is 0.0914. The van der Waals surface area contributed by atoms with E-state index in [1.807, 2.05) is 25.2 Å². The predicted molar refractivity (Wildman–Crippen MR) is 89.2 cm³/mol. The van der Waals surface area contributed by atoms with E-state index >= 15 is 0 Å². The summed E-state index contributed by atoms with van der Waals surface area (Å²) in [6.07, 6.45) is 5.82. The highest BCUT2D eigenvalue weighted by molar-refractivity contribution is 5.96. The molecule has 22 heavy (non-hydrogen) atoms. The molecule has 2 unspecified atom stereocenters. The van der Waals surface area contributed by atoms with Gasteiger partial charge in [-0.2, -0.15) is 0 Å². The van der Waals surface area contributed by atoms with Crippen molar-refractivity contribution >= 4 is 5.91 Å². The van der Waals surface area contributed by atoms with Gasteiger partial charge in [0.1, 0.15) is 0 Å². The standard InChI is InChI=1S/C18H27N3O/c1-19-11-9-14-6-2-3-7-15(14)18(22)20-16-10-13-21-12-5-4-8-17(16)21/h2-3,6-7,16-17,19H,4-5,8-13H2,1H3,(H,20,22). The third-order valence-corrected chi connectivity index (χ3v) is 5.08. The lowest BCUT2D eigenvalue weighted by Crippen LogP contribution is -2.46. The fourth-order valence-electron chi connectivity index (χ4n) is 3.88. The number of fused-ring (bicyclic) bond motifs is 1. The highest BCUT2D eigenvalue weighted by Gasteiger charge is 2.36. The van der Waals surface area contributed by atoms with Crippen LogP contribution in [0.1, 0.15) is 41.6 Å². The van der Waals surface area contributed by atoms with Crippen LogP contribution in [0, 0.1) is 0 Å². The Balaban J connectivity index is 1.67. The van der Waals surface area contributed by atoms with Crippen LogP contribution in [0.2, 0.25) is 0 Å². The van der Waals surface area contributed by atoms with Crippen LogP contribution in [-0.2, 0) is 6.42 Å².